The monoisotopic (exact) mass is 458 g/mol. The van der Waals surface area contributed by atoms with Crippen molar-refractivity contribution >= 4 is 58.3 Å². The molecule has 0 radical (unpaired) electrons. The first kappa shape index (κ1) is 21.2. The zero-order valence-electron chi connectivity index (χ0n) is 14.9. The second-order valence-electron chi connectivity index (χ2n) is 6.66. The van der Waals surface area contributed by atoms with Crippen LogP contribution in [0.25, 0.3) is 0 Å². The number of fused-ring (bicyclic) bond motifs is 5. The van der Waals surface area contributed by atoms with Crippen molar-refractivity contribution in [3.8, 4) is 0 Å². The fourth-order valence-electron chi connectivity index (χ4n) is 4.71. The molecule has 1 fully saturated rings. The number of hydrogen-bond donors (Lipinski definition) is 0. The van der Waals surface area contributed by atoms with Crippen molar-refractivity contribution in [2.75, 3.05) is 14.2 Å². The minimum absolute atomic E-state index is 0.0415. The zero-order chi connectivity index (χ0) is 20.4. The van der Waals surface area contributed by atoms with Crippen LogP contribution in [0.1, 0.15) is 13.8 Å². The van der Waals surface area contributed by atoms with Gasteiger partial charge >= 0.3 is 11.9 Å². The Kier molecular flexibility index (Phi) is 5.33. The fourth-order valence-corrected chi connectivity index (χ4v) is 6.96. The Hall–Kier alpha value is -0.500. The van der Waals surface area contributed by atoms with Crippen molar-refractivity contribution in [1.29, 1.82) is 0 Å². The van der Waals surface area contributed by atoms with Gasteiger partial charge in [-0.1, -0.05) is 23.2 Å². The molecule has 0 unspecified atom stereocenters. The number of hydrogen-bond acceptors (Lipinski definition) is 6. The van der Waals surface area contributed by atoms with Crippen LogP contribution in [0.4, 0.5) is 0 Å². The minimum Gasteiger partial charge on any atom is -0.458 e. The smallest absolute Gasteiger partial charge is 0.303 e. The Morgan fingerprint density at radius 1 is 0.852 bits per heavy atom. The van der Waals surface area contributed by atoms with Crippen molar-refractivity contribution in [2.45, 2.75) is 41.6 Å². The van der Waals surface area contributed by atoms with Crippen molar-refractivity contribution in [2.24, 2.45) is 11.8 Å². The van der Waals surface area contributed by atoms with Crippen LogP contribution in [0.15, 0.2) is 22.2 Å². The molecule has 6 atom stereocenters. The van der Waals surface area contributed by atoms with Gasteiger partial charge in [-0.2, -0.15) is 0 Å². The van der Waals surface area contributed by atoms with Crippen LogP contribution in [-0.4, -0.2) is 53.9 Å². The summed E-state index contributed by atoms with van der Waals surface area (Å²) in [5.74, 6) is -4.19. The van der Waals surface area contributed by atoms with Gasteiger partial charge in [-0.15, -0.1) is 23.2 Å². The second kappa shape index (κ2) is 6.78. The number of alkyl halides is 2. The summed E-state index contributed by atoms with van der Waals surface area (Å²) in [7, 11) is 2.73. The van der Waals surface area contributed by atoms with E-state index in [4.69, 9.17) is 65.4 Å². The Morgan fingerprint density at radius 3 is 1.44 bits per heavy atom. The zero-order valence-corrected chi connectivity index (χ0v) is 17.9. The van der Waals surface area contributed by atoms with Gasteiger partial charge in [0.2, 0.25) is 5.79 Å². The lowest BCUT2D eigenvalue weighted by Gasteiger charge is -2.43. The van der Waals surface area contributed by atoms with Gasteiger partial charge in [-0.05, 0) is 12.2 Å². The summed E-state index contributed by atoms with van der Waals surface area (Å²) in [5.41, 5.74) is 0. The number of rotatable bonds is 4. The van der Waals surface area contributed by atoms with E-state index < -0.39 is 51.5 Å². The molecule has 0 aromatic rings. The van der Waals surface area contributed by atoms with Gasteiger partial charge in [0.1, 0.15) is 22.0 Å². The maximum absolute atomic E-state index is 11.6. The normalized spacial score (nSPS) is 41.5. The summed E-state index contributed by atoms with van der Waals surface area (Å²) in [6, 6.07) is 0. The molecule has 3 aliphatic carbocycles. The third-order valence-electron chi connectivity index (χ3n) is 5.47. The number of carbonyl (C=O) groups excluding carboxylic acids is 2. The van der Waals surface area contributed by atoms with Crippen molar-refractivity contribution < 1.29 is 28.5 Å². The molecule has 27 heavy (non-hydrogen) atoms. The largest absolute Gasteiger partial charge is 0.458 e. The van der Waals surface area contributed by atoms with Gasteiger partial charge in [-0.25, -0.2) is 0 Å². The molecule has 0 aromatic carbocycles. The van der Waals surface area contributed by atoms with Crippen molar-refractivity contribution in [3.05, 3.63) is 22.2 Å². The lowest BCUT2D eigenvalue weighted by atomic mass is 9.72. The van der Waals surface area contributed by atoms with Crippen LogP contribution in [0.5, 0.6) is 0 Å². The third-order valence-corrected chi connectivity index (χ3v) is 8.12. The van der Waals surface area contributed by atoms with E-state index in [-0.39, 0.29) is 10.1 Å². The molecule has 0 spiro atoms. The lowest BCUT2D eigenvalue weighted by molar-refractivity contribution is -0.222. The summed E-state index contributed by atoms with van der Waals surface area (Å²) in [4.78, 5) is 20.1. The molecule has 3 rings (SSSR count). The van der Waals surface area contributed by atoms with Gasteiger partial charge in [0.15, 0.2) is 0 Å². The fraction of sp³-hybridized carbons (Fsp3) is 0.647. The van der Waals surface area contributed by atoms with E-state index in [1.54, 1.807) is 12.2 Å². The maximum Gasteiger partial charge on any atom is 0.303 e. The highest BCUT2D eigenvalue weighted by Gasteiger charge is 2.87. The van der Waals surface area contributed by atoms with E-state index in [1.807, 2.05) is 0 Å². The number of ether oxygens (including phenoxy) is 4. The van der Waals surface area contributed by atoms with E-state index in [0.29, 0.717) is 0 Å². The van der Waals surface area contributed by atoms with Crippen molar-refractivity contribution in [1.82, 2.24) is 0 Å². The lowest BCUT2D eigenvalue weighted by Crippen LogP contribution is -2.58. The number of esters is 2. The molecule has 150 valence electrons. The molecule has 1 saturated carbocycles. The van der Waals surface area contributed by atoms with Gasteiger partial charge in [0, 0.05) is 39.9 Å². The second-order valence-corrected chi connectivity index (χ2v) is 8.61. The third kappa shape index (κ3) is 2.41. The molecule has 10 heteroatoms. The van der Waals surface area contributed by atoms with E-state index >= 15 is 0 Å². The van der Waals surface area contributed by atoms with E-state index in [0.717, 1.165) is 0 Å². The first-order chi connectivity index (χ1) is 12.5. The number of halogens is 4. The Balaban J connectivity index is 2.27. The average molecular weight is 460 g/mol. The van der Waals surface area contributed by atoms with E-state index in [1.165, 1.54) is 28.1 Å². The van der Waals surface area contributed by atoms with Gasteiger partial charge in [-0.3, -0.25) is 9.59 Å². The predicted molar refractivity (Wildman–Crippen MR) is 99.9 cm³/mol. The van der Waals surface area contributed by atoms with Gasteiger partial charge in [0.05, 0.1) is 10.1 Å². The molecule has 0 heterocycles. The van der Waals surface area contributed by atoms with Gasteiger partial charge < -0.3 is 18.9 Å². The standard InChI is InChI=1S/C17H18Cl4O6/c1-7(22)26-9-5-6-10(27-8(2)23)12-11(9)15(20)13(18)14(19)16(12,21)17(15,24-3)25-4/h5-6,9-12H,1-4H3/t9-,10+,11-,12+,15-,16+. The van der Waals surface area contributed by atoms with Crippen LogP contribution < -0.4 is 0 Å². The summed E-state index contributed by atoms with van der Waals surface area (Å²) < 4.78 is 22.2. The summed E-state index contributed by atoms with van der Waals surface area (Å²) >= 11 is 27.1. The number of carbonyl (C=O) groups is 2. The molecule has 0 amide bonds. The summed E-state index contributed by atoms with van der Waals surface area (Å²) in [6.07, 6.45) is 1.58. The molecule has 0 saturated heterocycles. The highest BCUT2D eigenvalue weighted by Crippen LogP contribution is 2.75. The quantitative estimate of drug-likeness (QED) is 0.278. The van der Waals surface area contributed by atoms with Crippen LogP contribution in [0, 0.1) is 11.8 Å². The van der Waals surface area contributed by atoms with Crippen LogP contribution in [-0.2, 0) is 28.5 Å². The SMILES string of the molecule is COC1(OC)[C@@]2(Cl)C(Cl)=C(Cl)[C@]1(Cl)[C@H]1[C@@H]2[C@@H](OC(C)=O)C=C[C@H]1OC(C)=O. The van der Waals surface area contributed by atoms with Crippen LogP contribution in [0.2, 0.25) is 0 Å². The maximum atomic E-state index is 11.6. The highest BCUT2D eigenvalue weighted by atomic mass is 35.5. The highest BCUT2D eigenvalue weighted by molar-refractivity contribution is 6.52. The molecule has 0 N–H and O–H groups in total. The Labute approximate surface area is 176 Å². The molecular formula is C17H18Cl4O6. The van der Waals surface area contributed by atoms with Crippen molar-refractivity contribution in [3.63, 3.8) is 0 Å². The molecule has 6 nitrogen and oxygen atoms in total. The van der Waals surface area contributed by atoms with Crippen LogP contribution >= 0.6 is 46.4 Å². The molecule has 0 aromatic heterocycles. The average Bonchev–Trinajstić information content (AvgIpc) is 2.85. The van der Waals surface area contributed by atoms with Gasteiger partial charge in [0.25, 0.3) is 0 Å². The van der Waals surface area contributed by atoms with E-state index in [2.05, 4.69) is 0 Å². The van der Waals surface area contributed by atoms with E-state index in [9.17, 15) is 9.59 Å². The topological polar surface area (TPSA) is 71.1 Å². The summed E-state index contributed by atoms with van der Waals surface area (Å²) in [6.45, 7) is 2.55. The Morgan fingerprint density at radius 2 is 1.19 bits per heavy atom. The molecular weight excluding hydrogens is 442 g/mol. The Bertz CT molecular complexity index is 692. The predicted octanol–water partition coefficient (Wildman–Crippen LogP) is 3.31. The first-order valence-electron chi connectivity index (χ1n) is 8.10. The first-order valence-corrected chi connectivity index (χ1v) is 9.61. The van der Waals surface area contributed by atoms with Crippen LogP contribution in [0.3, 0.4) is 0 Å². The molecule has 2 bridgehead atoms. The summed E-state index contributed by atoms with van der Waals surface area (Å²) in [5, 5.41) is 0.0830. The molecule has 3 aliphatic rings. The molecule has 0 aliphatic heterocycles. The minimum atomic E-state index is -1.69. The number of methoxy groups -OCH3 is 2.